The molecule has 6 nitrogen and oxygen atoms in total. The monoisotopic (exact) mass is 314 g/mol. The lowest BCUT2D eigenvalue weighted by atomic mass is 10.3. The third-order valence-electron chi connectivity index (χ3n) is 3.62. The number of nitrogens with zero attached hydrogens (tertiary/aromatic N) is 3. The van der Waals surface area contributed by atoms with E-state index in [0.717, 1.165) is 44.2 Å². The highest BCUT2D eigenvalue weighted by molar-refractivity contribution is 5.47. The molecular weight excluding hydrogens is 292 g/mol. The summed E-state index contributed by atoms with van der Waals surface area (Å²) < 4.78 is 11.4. The molecule has 0 atom stereocenters. The van der Waals surface area contributed by atoms with E-state index in [0.29, 0.717) is 19.1 Å². The Morgan fingerprint density at radius 1 is 0.957 bits per heavy atom. The van der Waals surface area contributed by atoms with E-state index in [4.69, 9.17) is 9.47 Å². The first-order chi connectivity index (χ1) is 11.4. The highest BCUT2D eigenvalue weighted by Crippen LogP contribution is 2.23. The number of nitrogens with one attached hydrogen (secondary N) is 1. The molecule has 0 bridgehead atoms. The van der Waals surface area contributed by atoms with Crippen LogP contribution in [-0.2, 0) is 0 Å². The van der Waals surface area contributed by atoms with Crippen molar-refractivity contribution in [3.05, 3.63) is 42.7 Å². The molecule has 0 aliphatic carbocycles. The molecule has 0 amide bonds. The third-order valence-corrected chi connectivity index (χ3v) is 3.62. The van der Waals surface area contributed by atoms with Crippen molar-refractivity contribution in [2.45, 2.75) is 6.42 Å². The molecule has 1 aromatic carbocycles. The number of para-hydroxylation sites is 1. The normalized spacial score (nSPS) is 15.0. The molecule has 2 aromatic rings. The van der Waals surface area contributed by atoms with Gasteiger partial charge in [-0.15, -0.1) is 0 Å². The van der Waals surface area contributed by atoms with E-state index in [1.165, 1.54) is 0 Å². The van der Waals surface area contributed by atoms with Crippen molar-refractivity contribution < 1.29 is 9.47 Å². The average Bonchev–Trinajstić information content (AvgIpc) is 2.89. The van der Waals surface area contributed by atoms with E-state index < -0.39 is 0 Å². The molecule has 1 fully saturated rings. The third kappa shape index (κ3) is 4.56. The smallest absolute Gasteiger partial charge is 0.257 e. The summed E-state index contributed by atoms with van der Waals surface area (Å²) in [5.41, 5.74) is 0. The summed E-state index contributed by atoms with van der Waals surface area (Å²) >= 11 is 0. The molecule has 1 aliphatic heterocycles. The number of hydrogen-bond donors (Lipinski definition) is 1. The fourth-order valence-electron chi connectivity index (χ4n) is 2.51. The van der Waals surface area contributed by atoms with Gasteiger partial charge in [0.1, 0.15) is 19.0 Å². The zero-order valence-electron chi connectivity index (χ0n) is 13.1. The van der Waals surface area contributed by atoms with E-state index in [1.807, 2.05) is 30.3 Å². The molecule has 2 heterocycles. The van der Waals surface area contributed by atoms with Crippen molar-refractivity contribution in [2.24, 2.45) is 0 Å². The predicted octanol–water partition coefficient (Wildman–Crippen LogP) is 1.73. The highest BCUT2D eigenvalue weighted by Gasteiger charge is 2.16. The van der Waals surface area contributed by atoms with Crippen molar-refractivity contribution in [1.82, 2.24) is 15.3 Å². The van der Waals surface area contributed by atoms with Crippen molar-refractivity contribution >= 4 is 5.82 Å². The average molecular weight is 314 g/mol. The Morgan fingerprint density at radius 3 is 2.70 bits per heavy atom. The molecule has 0 saturated carbocycles. The van der Waals surface area contributed by atoms with Gasteiger partial charge >= 0.3 is 0 Å². The zero-order valence-corrected chi connectivity index (χ0v) is 13.1. The van der Waals surface area contributed by atoms with Gasteiger partial charge in [0.2, 0.25) is 0 Å². The van der Waals surface area contributed by atoms with Gasteiger partial charge < -0.3 is 19.7 Å². The molecule has 1 saturated heterocycles. The number of benzene rings is 1. The molecule has 0 spiro atoms. The van der Waals surface area contributed by atoms with Crippen molar-refractivity contribution in [3.8, 4) is 11.6 Å². The SMILES string of the molecule is c1ccc(OCCOc2nccnc2N2CCCNCC2)cc1. The number of rotatable bonds is 6. The summed E-state index contributed by atoms with van der Waals surface area (Å²) in [6.07, 6.45) is 4.46. The Bertz CT molecular complexity index is 586. The summed E-state index contributed by atoms with van der Waals surface area (Å²) in [6, 6.07) is 9.72. The van der Waals surface area contributed by atoms with Crippen LogP contribution in [0.1, 0.15) is 6.42 Å². The zero-order chi connectivity index (χ0) is 15.7. The second-order valence-electron chi connectivity index (χ2n) is 5.29. The Morgan fingerprint density at radius 2 is 1.78 bits per heavy atom. The first-order valence-corrected chi connectivity index (χ1v) is 8.01. The van der Waals surface area contributed by atoms with Crippen LogP contribution in [0, 0.1) is 0 Å². The minimum Gasteiger partial charge on any atom is -0.490 e. The highest BCUT2D eigenvalue weighted by atomic mass is 16.5. The molecule has 1 aromatic heterocycles. The largest absolute Gasteiger partial charge is 0.490 e. The Hall–Kier alpha value is -2.34. The van der Waals surface area contributed by atoms with Gasteiger partial charge in [0.15, 0.2) is 5.82 Å². The van der Waals surface area contributed by atoms with Crippen LogP contribution in [0.25, 0.3) is 0 Å². The standard InChI is InChI=1S/C17H22N4O2/c1-2-5-15(6-3-1)22-13-14-23-17-16(19-8-9-20-17)21-11-4-7-18-10-12-21/h1-3,5-6,8-9,18H,4,7,10-14H2. The Balaban J connectivity index is 1.55. The maximum Gasteiger partial charge on any atom is 0.257 e. The number of anilines is 1. The summed E-state index contributed by atoms with van der Waals surface area (Å²) in [5.74, 6) is 2.23. The van der Waals surface area contributed by atoms with Gasteiger partial charge in [-0.25, -0.2) is 9.97 Å². The van der Waals surface area contributed by atoms with Gasteiger partial charge in [-0.2, -0.15) is 0 Å². The lowest BCUT2D eigenvalue weighted by Crippen LogP contribution is -2.29. The summed E-state index contributed by atoms with van der Waals surface area (Å²) in [7, 11) is 0. The van der Waals surface area contributed by atoms with Crippen LogP contribution in [0.3, 0.4) is 0 Å². The first kappa shape index (κ1) is 15.6. The van der Waals surface area contributed by atoms with Gasteiger partial charge in [0.25, 0.3) is 5.88 Å². The minimum atomic E-state index is 0.437. The van der Waals surface area contributed by atoms with E-state index >= 15 is 0 Å². The predicted molar refractivity (Wildman–Crippen MR) is 89.2 cm³/mol. The fourth-order valence-corrected chi connectivity index (χ4v) is 2.51. The van der Waals surface area contributed by atoms with Crippen LogP contribution in [0.2, 0.25) is 0 Å². The van der Waals surface area contributed by atoms with Crippen LogP contribution >= 0.6 is 0 Å². The van der Waals surface area contributed by atoms with E-state index in [1.54, 1.807) is 12.4 Å². The van der Waals surface area contributed by atoms with E-state index in [9.17, 15) is 0 Å². The van der Waals surface area contributed by atoms with Crippen LogP contribution < -0.4 is 19.7 Å². The second kappa shape index (κ2) is 8.33. The molecule has 1 N–H and O–H groups in total. The van der Waals surface area contributed by atoms with Crippen molar-refractivity contribution in [2.75, 3.05) is 44.3 Å². The van der Waals surface area contributed by atoms with E-state index in [-0.39, 0.29) is 0 Å². The number of aromatic nitrogens is 2. The molecular formula is C17H22N4O2. The molecule has 0 radical (unpaired) electrons. The van der Waals surface area contributed by atoms with E-state index in [2.05, 4.69) is 20.2 Å². The summed E-state index contributed by atoms with van der Waals surface area (Å²) in [6.45, 7) is 4.78. The van der Waals surface area contributed by atoms with Gasteiger partial charge in [0, 0.05) is 32.0 Å². The number of ether oxygens (including phenoxy) is 2. The summed E-state index contributed by atoms with van der Waals surface area (Å²) in [4.78, 5) is 11.0. The van der Waals surface area contributed by atoms with Gasteiger partial charge in [-0.05, 0) is 25.1 Å². The van der Waals surface area contributed by atoms with Gasteiger partial charge in [-0.3, -0.25) is 0 Å². The second-order valence-corrected chi connectivity index (χ2v) is 5.29. The maximum atomic E-state index is 5.79. The van der Waals surface area contributed by atoms with Gasteiger partial charge in [-0.1, -0.05) is 18.2 Å². The van der Waals surface area contributed by atoms with Crippen LogP contribution in [0.5, 0.6) is 11.6 Å². The first-order valence-electron chi connectivity index (χ1n) is 8.01. The number of hydrogen-bond acceptors (Lipinski definition) is 6. The summed E-state index contributed by atoms with van der Waals surface area (Å²) in [5, 5.41) is 3.39. The topological polar surface area (TPSA) is 59.5 Å². The molecule has 0 unspecified atom stereocenters. The molecule has 3 rings (SSSR count). The minimum absolute atomic E-state index is 0.437. The van der Waals surface area contributed by atoms with Crippen LogP contribution in [0.15, 0.2) is 42.7 Å². The Kier molecular flexibility index (Phi) is 5.64. The molecule has 23 heavy (non-hydrogen) atoms. The van der Waals surface area contributed by atoms with Crippen molar-refractivity contribution in [3.63, 3.8) is 0 Å². The van der Waals surface area contributed by atoms with Crippen LogP contribution in [-0.4, -0.2) is 49.4 Å². The quantitative estimate of drug-likeness (QED) is 0.820. The molecule has 1 aliphatic rings. The Labute approximate surface area is 136 Å². The fraction of sp³-hybridized carbons (Fsp3) is 0.412. The maximum absolute atomic E-state index is 5.79. The van der Waals surface area contributed by atoms with Gasteiger partial charge in [0.05, 0.1) is 0 Å². The lowest BCUT2D eigenvalue weighted by molar-refractivity contribution is 0.211. The molecule has 122 valence electrons. The lowest BCUT2D eigenvalue weighted by Gasteiger charge is -2.22. The molecule has 6 heteroatoms. The van der Waals surface area contributed by atoms with Crippen molar-refractivity contribution in [1.29, 1.82) is 0 Å². The van der Waals surface area contributed by atoms with Crippen LogP contribution in [0.4, 0.5) is 5.82 Å².